The van der Waals surface area contributed by atoms with Gasteiger partial charge in [0.15, 0.2) is 0 Å². The molecule has 0 radical (unpaired) electrons. The summed E-state index contributed by atoms with van der Waals surface area (Å²) in [6, 6.07) is 64.7. The van der Waals surface area contributed by atoms with Crippen molar-refractivity contribution in [2.45, 2.75) is 39.3 Å². The Morgan fingerprint density at radius 2 is 0.691 bits per heavy atom. The van der Waals surface area contributed by atoms with Gasteiger partial charge in [-0.05, 0) is 59.7 Å². The molecule has 2 atom stereocenters. The van der Waals surface area contributed by atoms with Crippen LogP contribution in [0.3, 0.4) is 0 Å². The maximum atomic E-state index is 7.50. The first-order valence-corrected chi connectivity index (χ1v) is 21.8. The summed E-state index contributed by atoms with van der Waals surface area (Å²) in [4.78, 5) is 10.7. The zero-order chi connectivity index (χ0) is 38.6. The minimum atomic E-state index is -1.04. The second kappa shape index (κ2) is 28.8. The fourth-order valence-corrected chi connectivity index (χ4v) is 10.4. The van der Waals surface area contributed by atoms with E-state index >= 15 is 0 Å². The van der Waals surface area contributed by atoms with E-state index in [1.54, 1.807) is 6.92 Å². The first kappa shape index (κ1) is 46.6. The molecule has 6 rings (SSSR count). The Labute approximate surface area is 342 Å². The molecule has 0 saturated carbocycles. The summed E-state index contributed by atoms with van der Waals surface area (Å²) in [5.74, 6) is 0. The molecule has 0 aromatic heterocycles. The van der Waals surface area contributed by atoms with Crippen LogP contribution in [0.5, 0.6) is 0 Å². The molecule has 0 aliphatic rings. The van der Waals surface area contributed by atoms with Gasteiger partial charge in [-0.3, -0.25) is 9.98 Å². The molecule has 0 N–H and O–H groups in total. The van der Waals surface area contributed by atoms with E-state index in [9.17, 15) is 0 Å². The Morgan fingerprint density at radius 3 is 0.909 bits per heavy atom. The smallest absolute Gasteiger partial charge is 0 e. The zero-order valence-corrected chi connectivity index (χ0v) is 35.0. The molecule has 282 valence electrons. The standard InChI is InChI=1S/C42H38N2P2.C3H8.C2H4N.CO.Fe/c1-7-19-35(20-8-1)41(43-31-33-45(37-23-11-3-12-24-37)38-25-13-4-14-26-38)42(36-21-9-2-10-22-36)44-32-34-46(39-27-15-5-16-28-39)40-29-17-6-18-30-40;1-3-2;1-2-3;1-2;/h1-32,41-42H,33-34H2;3H2,1-2H3;2H,1H3;;/q;;-1;;/p+2/t41-,42-;;;;/m1..../s1. The second-order valence-corrected chi connectivity index (χ2v) is 17.2. The molecule has 6 aromatic rings. The maximum absolute atomic E-state index is 7.50. The Morgan fingerprint density at radius 1 is 0.491 bits per heavy atom. The third-order valence-electron chi connectivity index (χ3n) is 8.19. The molecule has 0 saturated heterocycles. The normalized spacial score (nSPS) is 11.5. The molecule has 4 nitrogen and oxygen atoms in total. The van der Waals surface area contributed by atoms with Crippen molar-refractivity contribution in [2.75, 3.05) is 12.3 Å². The van der Waals surface area contributed by atoms with Crippen LogP contribution in [0.15, 0.2) is 192 Å². The van der Waals surface area contributed by atoms with Gasteiger partial charge < -0.3 is 5.41 Å². The predicted molar refractivity (Wildman–Crippen MR) is 241 cm³/mol. The Hall–Kier alpha value is -4.55. The van der Waals surface area contributed by atoms with Crippen molar-refractivity contribution in [1.29, 1.82) is 0 Å². The van der Waals surface area contributed by atoms with Crippen molar-refractivity contribution < 1.29 is 21.7 Å². The van der Waals surface area contributed by atoms with Crippen LogP contribution in [0, 0.1) is 6.65 Å². The molecule has 0 heterocycles. The van der Waals surface area contributed by atoms with Crippen molar-refractivity contribution in [3.8, 4) is 0 Å². The topological polar surface area (TPSA) is 66.9 Å². The average molecular weight is 805 g/mol. The second-order valence-electron chi connectivity index (χ2n) is 12.2. The largest absolute Gasteiger partial charge is 0 e. The molecule has 0 aliphatic carbocycles. The number of hydrogen-bond acceptors (Lipinski definition) is 2. The number of benzene rings is 6. The molecular formula is C48H52FeN3OP2+. The van der Waals surface area contributed by atoms with E-state index in [2.05, 4.69) is 215 Å². The molecule has 55 heavy (non-hydrogen) atoms. The quantitative estimate of drug-likeness (QED) is 0.0367. The first-order chi connectivity index (χ1) is 26.7. The van der Waals surface area contributed by atoms with Gasteiger partial charge in [0.05, 0.1) is 37.1 Å². The van der Waals surface area contributed by atoms with Crippen molar-refractivity contribution in [2.24, 2.45) is 9.98 Å². The van der Waals surface area contributed by atoms with E-state index in [4.69, 9.17) is 20.0 Å². The van der Waals surface area contributed by atoms with E-state index in [0.29, 0.717) is 0 Å². The van der Waals surface area contributed by atoms with Crippen molar-refractivity contribution in [3.63, 3.8) is 0 Å². The third kappa shape index (κ3) is 16.0. The van der Waals surface area contributed by atoms with Gasteiger partial charge in [-0.25, -0.2) is 6.21 Å². The molecule has 0 fully saturated rings. The van der Waals surface area contributed by atoms with E-state index in [0.717, 1.165) is 18.5 Å². The van der Waals surface area contributed by atoms with E-state index in [-0.39, 0.29) is 29.2 Å². The van der Waals surface area contributed by atoms with E-state index in [1.807, 2.05) is 0 Å². The average Bonchev–Trinajstić information content (AvgIpc) is 3.25. The SMILES string of the molecule is C(C[PH+](c1ccccc1)c1ccccc1)=N[C@H](c1ccccc1)[C@H](N=CC[PH+](c1ccccc1)c1ccccc1)c1ccccc1.CC=[N-].CCC.[C-]#[O+].[Fe]. The van der Waals surface area contributed by atoms with E-state index in [1.165, 1.54) is 38.8 Å². The predicted octanol–water partition coefficient (Wildman–Crippen LogP) is 10.4. The van der Waals surface area contributed by atoms with Crippen LogP contribution in [-0.2, 0) is 21.7 Å². The number of rotatable bonds is 13. The van der Waals surface area contributed by atoms with Crippen LogP contribution in [0.1, 0.15) is 50.4 Å². The summed E-state index contributed by atoms with van der Waals surface area (Å²) in [5.41, 5.74) is 2.35. The Balaban J connectivity index is 0.00000108. The molecule has 6 aromatic carbocycles. The minimum absolute atomic E-state index is 0. The summed E-state index contributed by atoms with van der Waals surface area (Å²) in [7, 11) is -2.08. The van der Waals surface area contributed by atoms with Gasteiger partial charge in [-0.1, -0.05) is 161 Å². The van der Waals surface area contributed by atoms with Gasteiger partial charge in [0, 0.05) is 29.5 Å². The number of hydrogen-bond donors (Lipinski definition) is 0. The first-order valence-electron chi connectivity index (χ1n) is 18.4. The van der Waals surface area contributed by atoms with Gasteiger partial charge in [0.1, 0.15) is 24.4 Å². The van der Waals surface area contributed by atoms with Crippen LogP contribution < -0.4 is 21.2 Å². The maximum Gasteiger partial charge on any atom is 0 e. The number of nitrogens with zero attached hydrogens (tertiary/aromatic N) is 3. The third-order valence-corrected chi connectivity index (χ3v) is 13.5. The van der Waals surface area contributed by atoms with Gasteiger partial charge in [-0.2, -0.15) is 0 Å². The fourth-order valence-electron chi connectivity index (χ4n) is 5.88. The molecule has 0 spiro atoms. The van der Waals surface area contributed by atoms with Crippen LogP contribution in [0.2, 0.25) is 0 Å². The summed E-state index contributed by atoms with van der Waals surface area (Å²) in [6.07, 6.45) is 8.42. The minimum Gasteiger partial charge on any atom is 0 e. The van der Waals surface area contributed by atoms with Crippen LogP contribution in [0.25, 0.3) is 5.41 Å². The summed E-state index contributed by atoms with van der Waals surface area (Å²) in [6.45, 7) is 10.3. The van der Waals surface area contributed by atoms with E-state index < -0.39 is 15.8 Å². The molecule has 7 heteroatoms. The van der Waals surface area contributed by atoms with Crippen LogP contribution in [-0.4, -0.2) is 31.0 Å². The molecule has 0 aliphatic heterocycles. The zero-order valence-electron chi connectivity index (χ0n) is 31.9. The Kier molecular flexibility index (Phi) is 24.4. The van der Waals surface area contributed by atoms with Gasteiger partial charge >= 0.3 is 11.3 Å². The van der Waals surface area contributed by atoms with Crippen molar-refractivity contribution in [1.82, 2.24) is 0 Å². The summed E-state index contributed by atoms with van der Waals surface area (Å²) >= 11 is 0. The number of aliphatic imine (C=N–C) groups is 2. The van der Waals surface area contributed by atoms with Gasteiger partial charge in [0.2, 0.25) is 0 Å². The molecule has 0 unspecified atom stereocenters. The summed E-state index contributed by atoms with van der Waals surface area (Å²) < 4.78 is 7.50. The summed E-state index contributed by atoms with van der Waals surface area (Å²) in [5, 5.41) is 13.0. The fraction of sp³-hybridized carbons (Fsp3) is 0.167. The molecule has 0 bridgehead atoms. The Bertz CT molecular complexity index is 1700. The van der Waals surface area contributed by atoms with Crippen molar-refractivity contribution in [3.05, 3.63) is 205 Å². The monoisotopic (exact) mass is 804 g/mol. The van der Waals surface area contributed by atoms with Gasteiger partial charge in [0.25, 0.3) is 0 Å². The molecular weight excluding hydrogens is 752 g/mol. The molecule has 0 amide bonds. The van der Waals surface area contributed by atoms with Crippen LogP contribution in [0.4, 0.5) is 0 Å². The van der Waals surface area contributed by atoms with Crippen molar-refractivity contribution >= 4 is 55.7 Å². The van der Waals surface area contributed by atoms with Gasteiger partial charge in [-0.15, -0.1) is 0 Å². The van der Waals surface area contributed by atoms with Crippen LogP contribution >= 0.6 is 15.8 Å².